The van der Waals surface area contributed by atoms with Gasteiger partial charge < -0.3 is 4.74 Å². The smallest absolute Gasteiger partial charge is 0.306 e. The highest BCUT2D eigenvalue weighted by Gasteiger charge is 2.59. The summed E-state index contributed by atoms with van der Waals surface area (Å²) in [5, 5.41) is 0. The molecule has 2 heteroatoms. The van der Waals surface area contributed by atoms with Gasteiger partial charge in [-0.3, -0.25) is 4.79 Å². The molecule has 0 N–H and O–H groups in total. The molecule has 4 aliphatic carbocycles. The van der Waals surface area contributed by atoms with Crippen molar-refractivity contribution in [1.29, 1.82) is 0 Å². The monoisotopic (exact) mass is 569 g/mol. The molecular formula is C39H68O2. The average molecular weight is 569 g/mol. The zero-order valence-electron chi connectivity index (χ0n) is 28.3. The zero-order chi connectivity index (χ0) is 29.5. The summed E-state index contributed by atoms with van der Waals surface area (Å²) in [4.78, 5) is 12.7. The number of hydrogen-bond donors (Lipinski definition) is 0. The second kappa shape index (κ2) is 15.3. The molecule has 41 heavy (non-hydrogen) atoms. The Kier molecular flexibility index (Phi) is 12.3. The lowest BCUT2D eigenvalue weighted by Gasteiger charge is -2.58. The van der Waals surface area contributed by atoms with Gasteiger partial charge in [0, 0.05) is 12.8 Å². The van der Waals surface area contributed by atoms with Crippen LogP contribution in [0.2, 0.25) is 0 Å². The largest absolute Gasteiger partial charge is 0.462 e. The first-order valence-electron chi connectivity index (χ1n) is 18.6. The van der Waals surface area contributed by atoms with Gasteiger partial charge in [0.25, 0.3) is 0 Å². The Hall–Kier alpha value is -0.790. The second-order valence-corrected chi connectivity index (χ2v) is 16.2. The van der Waals surface area contributed by atoms with E-state index in [0.717, 1.165) is 54.8 Å². The predicted octanol–water partition coefficient (Wildman–Crippen LogP) is 11.9. The maximum absolute atomic E-state index is 12.7. The molecule has 3 saturated carbocycles. The van der Waals surface area contributed by atoms with Crippen molar-refractivity contribution < 1.29 is 9.53 Å². The molecule has 0 spiro atoms. The van der Waals surface area contributed by atoms with Crippen molar-refractivity contribution in [2.45, 2.75) is 182 Å². The second-order valence-electron chi connectivity index (χ2n) is 16.2. The van der Waals surface area contributed by atoms with Crippen molar-refractivity contribution in [3.05, 3.63) is 11.6 Å². The molecule has 0 bridgehead atoms. The van der Waals surface area contributed by atoms with Gasteiger partial charge in [0.2, 0.25) is 0 Å². The minimum Gasteiger partial charge on any atom is -0.462 e. The standard InChI is InChI=1S/C39H68O2/c1-7-8-9-10-11-12-13-14-15-19-37(40)41-32-24-26-38(5)31(28-32)20-21-33-35-23-22-34(30(4)18-16-17-29(2)3)39(35,6)27-25-36(33)38/h20,29-30,32-36H,7-19,21-28H2,1-6H3/t30?,32-,33-,34+,35-,36-,38-,39+/m0/s1. The first-order valence-corrected chi connectivity index (χ1v) is 18.6. The van der Waals surface area contributed by atoms with Crippen LogP contribution in [0.5, 0.6) is 0 Å². The van der Waals surface area contributed by atoms with Crippen LogP contribution < -0.4 is 0 Å². The normalized spacial score (nSPS) is 35.4. The third-order valence-electron chi connectivity index (χ3n) is 13.0. The van der Waals surface area contributed by atoms with E-state index in [2.05, 4.69) is 47.6 Å². The number of hydrogen-bond acceptors (Lipinski definition) is 2. The molecule has 0 radical (unpaired) electrons. The summed E-state index contributed by atoms with van der Waals surface area (Å²) in [6.07, 6.45) is 29.6. The summed E-state index contributed by atoms with van der Waals surface area (Å²) in [5.41, 5.74) is 2.54. The van der Waals surface area contributed by atoms with Crippen LogP contribution >= 0.6 is 0 Å². The van der Waals surface area contributed by atoms with E-state index in [9.17, 15) is 4.79 Å². The highest BCUT2D eigenvalue weighted by Crippen LogP contribution is 2.67. The van der Waals surface area contributed by atoms with Crippen LogP contribution in [0, 0.1) is 46.3 Å². The number of unbranched alkanes of at least 4 members (excludes halogenated alkanes) is 8. The fourth-order valence-corrected chi connectivity index (χ4v) is 10.6. The van der Waals surface area contributed by atoms with E-state index in [1.807, 2.05) is 0 Å². The van der Waals surface area contributed by atoms with Crippen molar-refractivity contribution >= 4 is 5.97 Å². The van der Waals surface area contributed by atoms with Crippen LogP contribution in [-0.4, -0.2) is 12.1 Å². The summed E-state index contributed by atoms with van der Waals surface area (Å²) < 4.78 is 6.09. The van der Waals surface area contributed by atoms with E-state index in [0.29, 0.717) is 17.3 Å². The summed E-state index contributed by atoms with van der Waals surface area (Å²) in [6.45, 7) is 14.9. The van der Waals surface area contributed by atoms with Gasteiger partial charge in [-0.2, -0.15) is 0 Å². The lowest BCUT2D eigenvalue weighted by atomic mass is 9.47. The summed E-state index contributed by atoms with van der Waals surface area (Å²) in [5.74, 6) is 5.34. The molecule has 1 unspecified atom stereocenters. The van der Waals surface area contributed by atoms with E-state index < -0.39 is 0 Å². The first-order chi connectivity index (χ1) is 19.7. The number of fused-ring (bicyclic) bond motifs is 5. The van der Waals surface area contributed by atoms with Gasteiger partial charge >= 0.3 is 5.97 Å². The van der Waals surface area contributed by atoms with Crippen molar-refractivity contribution in [2.24, 2.45) is 46.3 Å². The number of rotatable bonds is 16. The van der Waals surface area contributed by atoms with Crippen LogP contribution in [0.15, 0.2) is 11.6 Å². The zero-order valence-corrected chi connectivity index (χ0v) is 28.3. The molecular weight excluding hydrogens is 500 g/mol. The number of ether oxygens (including phenoxy) is 1. The van der Waals surface area contributed by atoms with Gasteiger partial charge in [-0.15, -0.1) is 0 Å². The molecule has 0 amide bonds. The Balaban J connectivity index is 1.24. The minimum atomic E-state index is 0.0591. The van der Waals surface area contributed by atoms with Gasteiger partial charge in [-0.1, -0.05) is 124 Å². The maximum Gasteiger partial charge on any atom is 0.306 e. The molecule has 0 aromatic rings. The Morgan fingerprint density at radius 1 is 0.854 bits per heavy atom. The van der Waals surface area contributed by atoms with Crippen molar-refractivity contribution in [1.82, 2.24) is 0 Å². The van der Waals surface area contributed by atoms with Crippen LogP contribution in [-0.2, 0) is 9.53 Å². The lowest BCUT2D eigenvalue weighted by Crippen LogP contribution is -2.51. The maximum atomic E-state index is 12.7. The van der Waals surface area contributed by atoms with Gasteiger partial charge in [0.05, 0.1) is 0 Å². The van der Waals surface area contributed by atoms with Gasteiger partial charge in [-0.05, 0) is 97.7 Å². The molecule has 0 aromatic heterocycles. The molecule has 0 aromatic carbocycles. The molecule has 2 nitrogen and oxygen atoms in total. The molecule has 8 atom stereocenters. The van der Waals surface area contributed by atoms with Crippen LogP contribution in [0.25, 0.3) is 0 Å². The van der Waals surface area contributed by atoms with Gasteiger partial charge in [0.1, 0.15) is 6.10 Å². The van der Waals surface area contributed by atoms with E-state index in [-0.39, 0.29) is 12.1 Å². The summed E-state index contributed by atoms with van der Waals surface area (Å²) in [7, 11) is 0. The molecule has 0 heterocycles. The van der Waals surface area contributed by atoms with Gasteiger partial charge in [0.15, 0.2) is 0 Å². The fraction of sp³-hybridized carbons (Fsp3) is 0.923. The number of carbonyl (C=O) groups is 1. The Labute approximate surface area is 255 Å². The third-order valence-corrected chi connectivity index (χ3v) is 13.0. The first kappa shape index (κ1) is 33.1. The van der Waals surface area contributed by atoms with E-state index in [1.54, 1.807) is 5.57 Å². The molecule has 0 saturated heterocycles. The highest BCUT2D eigenvalue weighted by molar-refractivity contribution is 5.69. The fourth-order valence-electron chi connectivity index (χ4n) is 10.6. The van der Waals surface area contributed by atoms with E-state index >= 15 is 0 Å². The quantitative estimate of drug-likeness (QED) is 0.105. The molecule has 236 valence electrons. The minimum absolute atomic E-state index is 0.0591. The summed E-state index contributed by atoms with van der Waals surface area (Å²) >= 11 is 0. The summed E-state index contributed by atoms with van der Waals surface area (Å²) in [6, 6.07) is 0. The number of allylic oxidation sites excluding steroid dienone is 1. The van der Waals surface area contributed by atoms with Gasteiger partial charge in [-0.25, -0.2) is 0 Å². The van der Waals surface area contributed by atoms with Crippen molar-refractivity contribution in [3.63, 3.8) is 0 Å². The number of esters is 1. The molecule has 4 aliphatic rings. The molecule has 0 aliphatic heterocycles. The van der Waals surface area contributed by atoms with Crippen LogP contribution in [0.3, 0.4) is 0 Å². The number of carbonyl (C=O) groups excluding carboxylic acids is 1. The Bertz CT molecular complexity index is 843. The van der Waals surface area contributed by atoms with Crippen LogP contribution in [0.1, 0.15) is 176 Å². The SMILES string of the molecule is CCCCCCCCCCCC(=O)O[C@H]1CC[C@@]2(C)C(=CC[C@H]3[C@@H]4CC[C@H](C(C)CCCC(C)C)[C@@]4(C)CC[C@@H]32)C1. The lowest BCUT2D eigenvalue weighted by molar-refractivity contribution is -0.151. The Morgan fingerprint density at radius 3 is 2.27 bits per heavy atom. The van der Waals surface area contributed by atoms with Crippen LogP contribution in [0.4, 0.5) is 0 Å². The third kappa shape index (κ3) is 8.03. The topological polar surface area (TPSA) is 26.3 Å². The van der Waals surface area contributed by atoms with E-state index in [1.165, 1.54) is 109 Å². The predicted molar refractivity (Wildman–Crippen MR) is 175 cm³/mol. The van der Waals surface area contributed by atoms with Crippen molar-refractivity contribution in [3.8, 4) is 0 Å². The Morgan fingerprint density at radius 2 is 1.56 bits per heavy atom. The molecule has 4 rings (SSSR count). The van der Waals surface area contributed by atoms with E-state index in [4.69, 9.17) is 4.74 Å². The van der Waals surface area contributed by atoms with Crippen molar-refractivity contribution in [2.75, 3.05) is 0 Å². The molecule has 3 fully saturated rings. The average Bonchev–Trinajstić information content (AvgIpc) is 3.29. The highest BCUT2D eigenvalue weighted by atomic mass is 16.5.